The van der Waals surface area contributed by atoms with Crippen molar-refractivity contribution < 1.29 is 19.5 Å². The molecular weight excluding hydrogens is 460 g/mol. The van der Waals surface area contributed by atoms with E-state index in [-0.39, 0.29) is 0 Å². The smallest absolute Gasteiger partial charge is 0.329 e. The molecule has 8 heteroatoms. The third-order valence-corrected chi connectivity index (χ3v) is 7.94. The third kappa shape index (κ3) is 3.22. The maximum atomic E-state index is 13.8. The molecule has 33 heavy (non-hydrogen) atoms. The SMILES string of the molecule is CCc1ccc(N2C(=O)C3C(c4ccc(Cl)s4)NC(C(=O)O)(c4ccccc4)C3C2=O)cc1. The van der Waals surface area contributed by atoms with Gasteiger partial charge in [-0.1, -0.05) is 61.0 Å². The molecule has 0 spiro atoms. The second-order valence-electron chi connectivity index (χ2n) is 8.28. The second kappa shape index (κ2) is 8.09. The highest BCUT2D eigenvalue weighted by Gasteiger charge is 2.69. The number of amides is 2. The molecule has 4 unspecified atom stereocenters. The molecule has 2 aromatic carbocycles. The van der Waals surface area contributed by atoms with Crippen LogP contribution in [0.4, 0.5) is 5.69 Å². The highest BCUT2D eigenvalue weighted by atomic mass is 35.5. The molecule has 2 aliphatic rings. The van der Waals surface area contributed by atoms with Crippen LogP contribution in [0.2, 0.25) is 4.34 Å². The summed E-state index contributed by atoms with van der Waals surface area (Å²) in [6.07, 6.45) is 0.828. The number of aliphatic carboxylic acids is 1. The Morgan fingerprint density at radius 1 is 1.06 bits per heavy atom. The maximum Gasteiger partial charge on any atom is 0.329 e. The number of hydrogen-bond donors (Lipinski definition) is 2. The van der Waals surface area contributed by atoms with E-state index >= 15 is 0 Å². The van der Waals surface area contributed by atoms with Crippen LogP contribution in [0.1, 0.15) is 29.0 Å². The van der Waals surface area contributed by atoms with Crippen molar-refractivity contribution in [1.29, 1.82) is 0 Å². The minimum Gasteiger partial charge on any atom is -0.480 e. The van der Waals surface area contributed by atoms with Gasteiger partial charge >= 0.3 is 5.97 Å². The fourth-order valence-corrected chi connectivity index (χ4v) is 6.23. The first-order chi connectivity index (χ1) is 15.9. The highest BCUT2D eigenvalue weighted by Crippen LogP contribution is 2.54. The predicted octanol–water partition coefficient (Wildman–Crippen LogP) is 4.39. The molecule has 3 aromatic rings. The molecule has 2 fully saturated rings. The Labute approximate surface area is 199 Å². The van der Waals surface area contributed by atoms with Gasteiger partial charge in [-0.05, 0) is 41.8 Å². The molecule has 168 valence electrons. The number of anilines is 1. The summed E-state index contributed by atoms with van der Waals surface area (Å²) in [5.74, 6) is -4.11. The Morgan fingerprint density at radius 3 is 2.33 bits per heavy atom. The number of carbonyl (C=O) groups excluding carboxylic acids is 2. The highest BCUT2D eigenvalue weighted by molar-refractivity contribution is 7.16. The van der Waals surface area contributed by atoms with Crippen molar-refractivity contribution in [3.05, 3.63) is 87.1 Å². The number of aryl methyl sites for hydroxylation is 1. The van der Waals surface area contributed by atoms with Gasteiger partial charge in [0.25, 0.3) is 0 Å². The molecule has 2 aliphatic heterocycles. The lowest BCUT2D eigenvalue weighted by molar-refractivity contribution is -0.149. The lowest BCUT2D eigenvalue weighted by atomic mass is 9.76. The lowest BCUT2D eigenvalue weighted by Crippen LogP contribution is -2.53. The van der Waals surface area contributed by atoms with Crippen molar-refractivity contribution in [1.82, 2.24) is 5.32 Å². The van der Waals surface area contributed by atoms with Crippen LogP contribution >= 0.6 is 22.9 Å². The Bertz CT molecular complexity index is 1240. The molecule has 0 aliphatic carbocycles. The Kier molecular flexibility index (Phi) is 5.35. The fraction of sp³-hybridized carbons (Fsp3) is 0.240. The van der Waals surface area contributed by atoms with Crippen molar-refractivity contribution in [3.8, 4) is 0 Å². The zero-order chi connectivity index (χ0) is 23.3. The van der Waals surface area contributed by atoms with Gasteiger partial charge in [0.1, 0.15) is 0 Å². The van der Waals surface area contributed by atoms with Gasteiger partial charge in [-0.15, -0.1) is 11.3 Å². The van der Waals surface area contributed by atoms with E-state index in [4.69, 9.17) is 11.6 Å². The van der Waals surface area contributed by atoms with Crippen LogP contribution in [0.25, 0.3) is 0 Å². The minimum atomic E-state index is -1.75. The molecular formula is C25H21ClN2O4S. The summed E-state index contributed by atoms with van der Waals surface area (Å²) in [6.45, 7) is 2.02. The van der Waals surface area contributed by atoms with E-state index in [0.29, 0.717) is 15.6 Å². The Morgan fingerprint density at radius 2 is 1.76 bits per heavy atom. The van der Waals surface area contributed by atoms with Gasteiger partial charge in [-0.25, -0.2) is 9.69 Å². The number of nitrogens with zero attached hydrogens (tertiary/aromatic N) is 1. The van der Waals surface area contributed by atoms with E-state index in [0.717, 1.165) is 21.8 Å². The summed E-state index contributed by atoms with van der Waals surface area (Å²) in [5, 5.41) is 13.7. The molecule has 6 nitrogen and oxygen atoms in total. The van der Waals surface area contributed by atoms with Crippen molar-refractivity contribution in [2.45, 2.75) is 24.9 Å². The van der Waals surface area contributed by atoms with Crippen LogP contribution in [0.15, 0.2) is 66.7 Å². The van der Waals surface area contributed by atoms with E-state index in [1.807, 2.05) is 19.1 Å². The van der Waals surface area contributed by atoms with Gasteiger partial charge < -0.3 is 5.11 Å². The quantitative estimate of drug-likeness (QED) is 0.529. The van der Waals surface area contributed by atoms with E-state index in [2.05, 4.69) is 5.32 Å². The summed E-state index contributed by atoms with van der Waals surface area (Å²) < 4.78 is 0.527. The van der Waals surface area contributed by atoms with Gasteiger partial charge in [0, 0.05) is 4.88 Å². The van der Waals surface area contributed by atoms with E-state index in [1.54, 1.807) is 54.6 Å². The molecule has 2 saturated heterocycles. The van der Waals surface area contributed by atoms with Gasteiger partial charge in [-0.2, -0.15) is 0 Å². The molecule has 2 N–H and O–H groups in total. The maximum absolute atomic E-state index is 13.8. The number of imide groups is 1. The summed E-state index contributed by atoms with van der Waals surface area (Å²) in [5.41, 5.74) is 0.210. The minimum absolute atomic E-state index is 0.407. The van der Waals surface area contributed by atoms with Crippen LogP contribution in [-0.2, 0) is 26.3 Å². The first kappa shape index (κ1) is 21.8. The molecule has 1 aromatic heterocycles. The van der Waals surface area contributed by atoms with Gasteiger partial charge in [0.05, 0.1) is 27.9 Å². The van der Waals surface area contributed by atoms with Crippen LogP contribution < -0.4 is 10.2 Å². The largest absolute Gasteiger partial charge is 0.480 e. The van der Waals surface area contributed by atoms with Gasteiger partial charge in [0.15, 0.2) is 5.54 Å². The second-order valence-corrected chi connectivity index (χ2v) is 10.0. The van der Waals surface area contributed by atoms with Crippen LogP contribution in [0, 0.1) is 11.8 Å². The molecule has 4 atom stereocenters. The van der Waals surface area contributed by atoms with E-state index in [1.165, 1.54) is 11.3 Å². The lowest BCUT2D eigenvalue weighted by Gasteiger charge is -2.31. The van der Waals surface area contributed by atoms with Crippen molar-refractivity contribution in [3.63, 3.8) is 0 Å². The zero-order valence-electron chi connectivity index (χ0n) is 17.7. The summed E-state index contributed by atoms with van der Waals surface area (Å²) in [6, 6.07) is 18.7. The Balaban J connectivity index is 1.68. The predicted molar refractivity (Wildman–Crippen MR) is 126 cm³/mol. The first-order valence-electron chi connectivity index (χ1n) is 10.7. The van der Waals surface area contributed by atoms with Crippen LogP contribution in [-0.4, -0.2) is 22.9 Å². The summed E-state index contributed by atoms with van der Waals surface area (Å²) >= 11 is 7.44. The molecule has 0 bridgehead atoms. The number of halogens is 1. The molecule has 3 heterocycles. The van der Waals surface area contributed by atoms with Crippen molar-refractivity contribution >= 4 is 46.4 Å². The van der Waals surface area contributed by atoms with Crippen molar-refractivity contribution in [2.24, 2.45) is 11.8 Å². The average molecular weight is 481 g/mol. The number of fused-ring (bicyclic) bond motifs is 1. The standard InChI is InChI=1S/C25H21ClN2O4S/c1-2-14-8-10-16(11-9-14)28-22(29)19-20(23(28)30)25(24(31)32,15-6-4-3-5-7-15)27-21(19)17-12-13-18(26)33-17/h3-13,19-21,27H,2H2,1H3,(H,31,32). The Hall–Kier alpha value is -3.00. The monoisotopic (exact) mass is 480 g/mol. The first-order valence-corrected chi connectivity index (χ1v) is 11.9. The van der Waals surface area contributed by atoms with Crippen LogP contribution in [0.3, 0.4) is 0 Å². The summed E-state index contributed by atoms with van der Waals surface area (Å²) in [7, 11) is 0. The number of hydrogen-bond acceptors (Lipinski definition) is 5. The normalized spacial score (nSPS) is 26.6. The topological polar surface area (TPSA) is 86.7 Å². The van der Waals surface area contributed by atoms with Crippen LogP contribution in [0.5, 0.6) is 0 Å². The number of benzene rings is 2. The molecule has 0 saturated carbocycles. The van der Waals surface area contributed by atoms with E-state index in [9.17, 15) is 19.5 Å². The number of nitrogens with one attached hydrogen (secondary N) is 1. The van der Waals surface area contributed by atoms with Gasteiger partial charge in [-0.3, -0.25) is 14.9 Å². The molecule has 0 radical (unpaired) electrons. The number of carboxylic acid groups (broad SMARTS) is 1. The van der Waals surface area contributed by atoms with Crippen molar-refractivity contribution in [2.75, 3.05) is 4.90 Å². The fourth-order valence-electron chi connectivity index (χ4n) is 5.07. The average Bonchev–Trinajstić information content (AvgIpc) is 3.48. The number of carboxylic acids is 1. The zero-order valence-corrected chi connectivity index (χ0v) is 19.3. The van der Waals surface area contributed by atoms with Gasteiger partial charge in [0.2, 0.25) is 11.8 Å². The van der Waals surface area contributed by atoms with E-state index < -0.39 is 41.2 Å². The molecule has 5 rings (SSSR count). The number of rotatable bonds is 5. The third-order valence-electron chi connectivity index (χ3n) is 6.63. The molecule has 2 amide bonds. The number of thiophene rings is 1. The number of carbonyl (C=O) groups is 3. The summed E-state index contributed by atoms with van der Waals surface area (Å²) in [4.78, 5) is 42.3.